The first-order chi connectivity index (χ1) is 11.3. The summed E-state index contributed by atoms with van der Waals surface area (Å²) in [5.41, 5.74) is 2.86. The van der Waals surface area contributed by atoms with Crippen LogP contribution < -0.4 is 4.90 Å². The van der Waals surface area contributed by atoms with Crippen LogP contribution in [0.2, 0.25) is 0 Å². The van der Waals surface area contributed by atoms with Gasteiger partial charge in [0.15, 0.2) is 5.65 Å². The number of pyridine rings is 1. The molecule has 6 nitrogen and oxygen atoms in total. The monoisotopic (exact) mass is 309 g/mol. The molecule has 3 aromatic rings. The third-order valence-corrected chi connectivity index (χ3v) is 4.35. The van der Waals surface area contributed by atoms with Gasteiger partial charge in [-0.05, 0) is 25.0 Å². The Hall–Kier alpha value is -2.47. The molecule has 4 rings (SSSR count). The molecule has 0 bridgehead atoms. The maximum Gasteiger partial charge on any atom is 0.157 e. The van der Waals surface area contributed by atoms with Crippen molar-refractivity contribution in [1.82, 2.24) is 19.6 Å². The number of anilines is 1. The van der Waals surface area contributed by atoms with Crippen molar-refractivity contribution in [2.45, 2.75) is 18.9 Å². The average Bonchev–Trinajstić information content (AvgIpc) is 3.10. The van der Waals surface area contributed by atoms with Gasteiger partial charge in [0.25, 0.3) is 0 Å². The Morgan fingerprint density at radius 3 is 2.87 bits per heavy atom. The van der Waals surface area contributed by atoms with Gasteiger partial charge >= 0.3 is 0 Å². The third-order valence-electron chi connectivity index (χ3n) is 4.35. The van der Waals surface area contributed by atoms with Crippen molar-refractivity contribution >= 4 is 11.5 Å². The molecule has 0 aliphatic carbocycles. The van der Waals surface area contributed by atoms with Crippen LogP contribution in [0, 0.1) is 0 Å². The molecule has 1 aliphatic heterocycles. The van der Waals surface area contributed by atoms with Crippen molar-refractivity contribution in [3.63, 3.8) is 0 Å². The van der Waals surface area contributed by atoms with Crippen LogP contribution in [0.3, 0.4) is 0 Å². The van der Waals surface area contributed by atoms with E-state index in [1.54, 1.807) is 25.7 Å². The zero-order chi connectivity index (χ0) is 15.6. The number of aromatic nitrogens is 4. The van der Waals surface area contributed by atoms with E-state index in [0.717, 1.165) is 48.7 Å². The third kappa shape index (κ3) is 2.66. The van der Waals surface area contributed by atoms with E-state index in [1.807, 2.05) is 22.7 Å². The second-order valence-electron chi connectivity index (χ2n) is 5.78. The lowest BCUT2D eigenvalue weighted by Crippen LogP contribution is -2.40. The van der Waals surface area contributed by atoms with E-state index in [0.29, 0.717) is 0 Å². The lowest BCUT2D eigenvalue weighted by molar-refractivity contribution is 0.0890. The summed E-state index contributed by atoms with van der Waals surface area (Å²) in [5.74, 6) is 1.06. The number of hydrogen-bond acceptors (Lipinski definition) is 5. The molecule has 1 aliphatic rings. The van der Waals surface area contributed by atoms with Crippen molar-refractivity contribution in [3.05, 3.63) is 42.9 Å². The highest BCUT2D eigenvalue weighted by Crippen LogP contribution is 2.26. The van der Waals surface area contributed by atoms with E-state index in [2.05, 4.69) is 21.0 Å². The van der Waals surface area contributed by atoms with Crippen LogP contribution in [0.5, 0.6) is 0 Å². The van der Waals surface area contributed by atoms with Crippen LogP contribution in [0.25, 0.3) is 16.9 Å². The SMILES string of the molecule is CO[C@H]1CCCN(c2cc(-c3ccncc3)nc3ccnn23)C1. The molecule has 0 aromatic carbocycles. The van der Waals surface area contributed by atoms with Gasteiger partial charge in [-0.2, -0.15) is 9.61 Å². The highest BCUT2D eigenvalue weighted by molar-refractivity contribution is 5.66. The van der Waals surface area contributed by atoms with Crippen molar-refractivity contribution in [2.24, 2.45) is 0 Å². The van der Waals surface area contributed by atoms with Gasteiger partial charge < -0.3 is 9.64 Å². The predicted octanol–water partition coefficient (Wildman–Crippen LogP) is 2.41. The first-order valence-electron chi connectivity index (χ1n) is 7.88. The molecule has 0 spiro atoms. The van der Waals surface area contributed by atoms with Crippen LogP contribution >= 0.6 is 0 Å². The second-order valence-corrected chi connectivity index (χ2v) is 5.78. The first-order valence-corrected chi connectivity index (χ1v) is 7.88. The zero-order valence-electron chi connectivity index (χ0n) is 13.1. The molecule has 23 heavy (non-hydrogen) atoms. The Morgan fingerprint density at radius 2 is 2.04 bits per heavy atom. The summed E-state index contributed by atoms with van der Waals surface area (Å²) >= 11 is 0. The summed E-state index contributed by atoms with van der Waals surface area (Å²) in [7, 11) is 1.78. The van der Waals surface area contributed by atoms with E-state index >= 15 is 0 Å². The summed E-state index contributed by atoms with van der Waals surface area (Å²) in [4.78, 5) is 11.1. The molecule has 118 valence electrons. The first kappa shape index (κ1) is 14.1. The number of fused-ring (bicyclic) bond motifs is 1. The van der Waals surface area contributed by atoms with Crippen LogP contribution in [0.4, 0.5) is 5.82 Å². The van der Waals surface area contributed by atoms with Gasteiger partial charge in [0.2, 0.25) is 0 Å². The number of piperidine rings is 1. The van der Waals surface area contributed by atoms with E-state index < -0.39 is 0 Å². The Morgan fingerprint density at radius 1 is 1.17 bits per heavy atom. The standard InChI is InChI=1S/C17H19N5O/c1-23-14-3-2-10-21(12-14)17-11-15(13-4-7-18-8-5-13)20-16-6-9-19-22(16)17/h4-9,11,14H,2-3,10,12H2,1H3/t14-/m0/s1. The fourth-order valence-corrected chi connectivity index (χ4v) is 3.13. The fourth-order valence-electron chi connectivity index (χ4n) is 3.13. The Labute approximate surface area is 134 Å². The maximum absolute atomic E-state index is 5.56. The topological polar surface area (TPSA) is 55.5 Å². The molecule has 0 radical (unpaired) electrons. The van der Waals surface area contributed by atoms with Gasteiger partial charge in [-0.25, -0.2) is 4.98 Å². The van der Waals surface area contributed by atoms with Crippen LogP contribution in [-0.4, -0.2) is 45.9 Å². The van der Waals surface area contributed by atoms with Gasteiger partial charge in [-0.15, -0.1) is 0 Å². The Bertz CT molecular complexity index is 801. The average molecular weight is 309 g/mol. The normalized spacial score (nSPS) is 18.5. The quantitative estimate of drug-likeness (QED) is 0.743. The number of ether oxygens (including phenoxy) is 1. The van der Waals surface area contributed by atoms with Crippen molar-refractivity contribution in [1.29, 1.82) is 0 Å². The van der Waals surface area contributed by atoms with Gasteiger partial charge in [0.05, 0.1) is 18.0 Å². The predicted molar refractivity (Wildman–Crippen MR) is 88.5 cm³/mol. The molecule has 0 unspecified atom stereocenters. The van der Waals surface area contributed by atoms with Gasteiger partial charge in [-0.3, -0.25) is 4.98 Å². The van der Waals surface area contributed by atoms with Gasteiger partial charge in [0, 0.05) is 50.3 Å². The minimum atomic E-state index is 0.270. The highest BCUT2D eigenvalue weighted by Gasteiger charge is 2.22. The molecule has 3 aromatic heterocycles. The van der Waals surface area contributed by atoms with E-state index in [1.165, 1.54) is 0 Å². The van der Waals surface area contributed by atoms with Crippen LogP contribution in [-0.2, 0) is 4.74 Å². The summed E-state index contributed by atoms with van der Waals surface area (Å²) in [6.07, 6.45) is 7.87. The number of hydrogen-bond donors (Lipinski definition) is 0. The van der Waals surface area contributed by atoms with Gasteiger partial charge in [-0.1, -0.05) is 0 Å². The summed E-state index contributed by atoms with van der Waals surface area (Å²) in [6, 6.07) is 8.00. The Kier molecular flexibility index (Phi) is 3.67. The van der Waals surface area contributed by atoms with Crippen molar-refractivity contribution in [3.8, 4) is 11.3 Å². The molecule has 0 amide bonds. The fraction of sp³-hybridized carbons (Fsp3) is 0.353. The van der Waals surface area contributed by atoms with E-state index in [-0.39, 0.29) is 6.10 Å². The number of nitrogens with zero attached hydrogens (tertiary/aromatic N) is 5. The molecule has 6 heteroatoms. The highest BCUT2D eigenvalue weighted by atomic mass is 16.5. The van der Waals surface area contributed by atoms with Crippen LogP contribution in [0.1, 0.15) is 12.8 Å². The van der Waals surface area contributed by atoms with E-state index in [9.17, 15) is 0 Å². The largest absolute Gasteiger partial charge is 0.380 e. The maximum atomic E-state index is 5.56. The summed E-state index contributed by atoms with van der Waals surface area (Å²) in [5, 5.41) is 4.44. The zero-order valence-corrected chi connectivity index (χ0v) is 13.1. The lowest BCUT2D eigenvalue weighted by atomic mass is 10.1. The summed E-state index contributed by atoms with van der Waals surface area (Å²) < 4.78 is 7.46. The molecular weight excluding hydrogens is 290 g/mol. The molecule has 4 heterocycles. The smallest absolute Gasteiger partial charge is 0.157 e. The lowest BCUT2D eigenvalue weighted by Gasteiger charge is -2.33. The molecule has 1 fully saturated rings. The van der Waals surface area contributed by atoms with Crippen LogP contribution in [0.15, 0.2) is 42.9 Å². The second kappa shape index (κ2) is 5.96. The molecule has 1 atom stereocenters. The van der Waals surface area contributed by atoms with Gasteiger partial charge in [0.1, 0.15) is 5.82 Å². The minimum Gasteiger partial charge on any atom is -0.380 e. The number of rotatable bonds is 3. The minimum absolute atomic E-state index is 0.270. The number of methoxy groups -OCH3 is 1. The Balaban J connectivity index is 1.80. The van der Waals surface area contributed by atoms with Crippen molar-refractivity contribution in [2.75, 3.05) is 25.1 Å². The summed E-state index contributed by atoms with van der Waals surface area (Å²) in [6.45, 7) is 1.89. The van der Waals surface area contributed by atoms with Crippen molar-refractivity contribution < 1.29 is 4.74 Å². The molecule has 1 saturated heterocycles. The molecule has 0 N–H and O–H groups in total. The van der Waals surface area contributed by atoms with E-state index in [4.69, 9.17) is 9.72 Å². The molecule has 0 saturated carbocycles. The molecular formula is C17H19N5O.